The van der Waals surface area contributed by atoms with E-state index in [4.69, 9.17) is 5.11 Å². The summed E-state index contributed by atoms with van der Waals surface area (Å²) in [6.07, 6.45) is 3.27. The van der Waals surface area contributed by atoms with Crippen LogP contribution in [0.25, 0.3) is 0 Å². The first-order valence-corrected chi connectivity index (χ1v) is 6.36. The van der Waals surface area contributed by atoms with Gasteiger partial charge in [0.1, 0.15) is 0 Å². The maximum absolute atomic E-state index is 10.8. The first-order chi connectivity index (χ1) is 8.01. The number of hydrogen-bond acceptors (Lipinski definition) is 6. The van der Waals surface area contributed by atoms with E-state index in [1.807, 2.05) is 13.2 Å². The van der Waals surface area contributed by atoms with Gasteiger partial charge in [0.25, 0.3) is 0 Å². The molecule has 1 heterocycles. The van der Waals surface area contributed by atoms with Crippen LogP contribution < -0.4 is 5.32 Å². The number of aliphatic hydroxyl groups is 1. The van der Waals surface area contributed by atoms with Gasteiger partial charge < -0.3 is 20.5 Å². The summed E-state index contributed by atoms with van der Waals surface area (Å²) < 4.78 is 1.56. The van der Waals surface area contributed by atoms with E-state index < -0.39 is 4.92 Å². The number of rotatable bonds is 6. The van der Waals surface area contributed by atoms with E-state index in [0.29, 0.717) is 5.82 Å². The fourth-order valence-corrected chi connectivity index (χ4v) is 2.09. The maximum Gasteiger partial charge on any atom is 0.406 e. The molecule has 7 nitrogen and oxygen atoms in total. The first kappa shape index (κ1) is 13.8. The zero-order valence-corrected chi connectivity index (χ0v) is 10.8. The highest BCUT2D eigenvalue weighted by Crippen LogP contribution is 2.24. The number of nitrogens with one attached hydrogen (secondary N) is 1. The summed E-state index contributed by atoms with van der Waals surface area (Å²) in [5.74, 6) is 0.159. The fraction of sp³-hybridized carbons (Fsp3) is 0.667. The lowest BCUT2D eigenvalue weighted by Gasteiger charge is -2.21. The first-order valence-electron chi connectivity index (χ1n) is 5.07. The average molecular weight is 260 g/mol. The fourth-order valence-electron chi connectivity index (χ4n) is 1.46. The topological polar surface area (TPSA) is 93.2 Å². The van der Waals surface area contributed by atoms with Crippen LogP contribution >= 0.6 is 11.8 Å². The number of hydrogen-bond donors (Lipinski definition) is 2. The number of nitro groups is 1. The van der Waals surface area contributed by atoms with Gasteiger partial charge >= 0.3 is 5.82 Å². The number of aliphatic hydroxyl groups excluding tert-OH is 1. The third-order valence-electron chi connectivity index (χ3n) is 2.50. The van der Waals surface area contributed by atoms with Gasteiger partial charge in [0.05, 0.1) is 6.61 Å². The molecule has 1 rings (SSSR count). The van der Waals surface area contributed by atoms with Crippen LogP contribution in [0.15, 0.2) is 6.33 Å². The van der Waals surface area contributed by atoms with Crippen LogP contribution in [0.1, 0.15) is 6.92 Å². The smallest absolute Gasteiger partial charge is 0.395 e. The molecule has 0 aliphatic heterocycles. The number of thioether (sulfide) groups is 1. The van der Waals surface area contributed by atoms with Crippen molar-refractivity contribution >= 4 is 23.4 Å². The molecular formula is C9H16N4O3S. The lowest BCUT2D eigenvalue weighted by Crippen LogP contribution is -2.31. The van der Waals surface area contributed by atoms with Crippen molar-refractivity contribution in [3.05, 3.63) is 16.4 Å². The Labute approximate surface area is 103 Å². The Kier molecular flexibility index (Phi) is 4.76. The second-order valence-corrected chi connectivity index (χ2v) is 4.75. The molecule has 2 N–H and O–H groups in total. The molecular weight excluding hydrogens is 244 g/mol. The van der Waals surface area contributed by atoms with E-state index >= 15 is 0 Å². The number of aryl methyl sites for hydroxylation is 1. The summed E-state index contributed by atoms with van der Waals surface area (Å²) in [5.41, 5.74) is 0. The van der Waals surface area contributed by atoms with E-state index in [0.717, 1.165) is 0 Å². The molecule has 2 atom stereocenters. The van der Waals surface area contributed by atoms with Crippen molar-refractivity contribution in [2.45, 2.75) is 18.2 Å². The maximum atomic E-state index is 10.8. The van der Waals surface area contributed by atoms with Crippen molar-refractivity contribution in [3.8, 4) is 0 Å². The van der Waals surface area contributed by atoms with Crippen LogP contribution in [-0.2, 0) is 7.05 Å². The molecule has 0 fully saturated rings. The standard InChI is InChI=1S/C9H16N4O3S/c1-6(7(4-14)17-3)11-9-8(13(15)16)10-5-12(9)2/h5-7,11,14H,4H2,1-3H3. The van der Waals surface area contributed by atoms with Crippen molar-refractivity contribution in [1.82, 2.24) is 9.55 Å². The summed E-state index contributed by atoms with van der Waals surface area (Å²) in [6, 6.07) is -0.0934. The molecule has 0 saturated heterocycles. The second-order valence-electron chi connectivity index (χ2n) is 3.67. The predicted octanol–water partition coefficient (Wildman–Crippen LogP) is 0.853. The lowest BCUT2D eigenvalue weighted by molar-refractivity contribution is -0.388. The van der Waals surface area contributed by atoms with Gasteiger partial charge in [0.15, 0.2) is 0 Å². The van der Waals surface area contributed by atoms with Crippen LogP contribution in [0.5, 0.6) is 0 Å². The Balaban J connectivity index is 2.87. The highest BCUT2D eigenvalue weighted by atomic mass is 32.2. The SMILES string of the molecule is CSC(CO)C(C)Nc1c([N+](=O)[O-])ncn1C. The van der Waals surface area contributed by atoms with Crippen molar-refractivity contribution in [3.63, 3.8) is 0 Å². The molecule has 96 valence electrons. The monoisotopic (exact) mass is 260 g/mol. The van der Waals surface area contributed by atoms with Crippen molar-refractivity contribution < 1.29 is 10.0 Å². The zero-order valence-electron chi connectivity index (χ0n) is 9.95. The third-order valence-corrected chi connectivity index (χ3v) is 3.66. The predicted molar refractivity (Wildman–Crippen MR) is 67.3 cm³/mol. The molecule has 17 heavy (non-hydrogen) atoms. The van der Waals surface area contributed by atoms with Gasteiger partial charge in [-0.25, -0.2) is 0 Å². The minimum Gasteiger partial charge on any atom is -0.395 e. The van der Waals surface area contributed by atoms with Crippen LogP contribution in [0.2, 0.25) is 0 Å². The Morgan fingerprint density at radius 3 is 2.88 bits per heavy atom. The van der Waals surface area contributed by atoms with Crippen molar-refractivity contribution in [2.24, 2.45) is 7.05 Å². The number of imidazole rings is 1. The molecule has 0 spiro atoms. The van der Waals surface area contributed by atoms with Gasteiger partial charge in [-0.3, -0.25) is 4.57 Å². The molecule has 8 heteroatoms. The zero-order chi connectivity index (χ0) is 13.0. The quantitative estimate of drug-likeness (QED) is 0.582. The average Bonchev–Trinajstić information content (AvgIpc) is 2.62. The van der Waals surface area contributed by atoms with Gasteiger partial charge in [-0.15, -0.1) is 0 Å². The van der Waals surface area contributed by atoms with Crippen molar-refractivity contribution in [1.29, 1.82) is 0 Å². The highest BCUT2D eigenvalue weighted by molar-refractivity contribution is 7.99. The molecule has 1 aromatic rings. The molecule has 0 aliphatic rings. The molecule has 0 saturated carbocycles. The lowest BCUT2D eigenvalue weighted by atomic mass is 10.2. The molecule has 0 bridgehead atoms. The van der Waals surface area contributed by atoms with Crippen LogP contribution in [0, 0.1) is 10.1 Å². The minimum atomic E-state index is -0.526. The Morgan fingerprint density at radius 1 is 1.76 bits per heavy atom. The van der Waals surface area contributed by atoms with Gasteiger partial charge in [0, 0.05) is 18.3 Å². The summed E-state index contributed by atoms with van der Waals surface area (Å²) in [4.78, 5) is 13.9. The van der Waals surface area contributed by atoms with Crippen LogP contribution in [-0.4, -0.2) is 43.7 Å². The Hall–Kier alpha value is -1.28. The molecule has 2 unspecified atom stereocenters. The molecule has 0 radical (unpaired) electrons. The third kappa shape index (κ3) is 3.10. The summed E-state index contributed by atoms with van der Waals surface area (Å²) in [7, 11) is 1.68. The number of nitrogens with zero attached hydrogens (tertiary/aromatic N) is 3. The van der Waals surface area contributed by atoms with Gasteiger partial charge in [0.2, 0.25) is 12.1 Å². The van der Waals surface area contributed by atoms with E-state index in [2.05, 4.69) is 10.3 Å². The van der Waals surface area contributed by atoms with Gasteiger partial charge in [-0.2, -0.15) is 11.8 Å². The van der Waals surface area contributed by atoms with Gasteiger partial charge in [-0.1, -0.05) is 0 Å². The summed E-state index contributed by atoms with van der Waals surface area (Å²) >= 11 is 1.51. The molecule has 0 aromatic carbocycles. The summed E-state index contributed by atoms with van der Waals surface area (Å²) in [5, 5.41) is 22.9. The Bertz CT molecular complexity index is 392. The number of anilines is 1. The second kappa shape index (κ2) is 5.87. The molecule has 1 aromatic heterocycles. The minimum absolute atomic E-state index is 0.0149. The largest absolute Gasteiger partial charge is 0.406 e. The highest BCUT2D eigenvalue weighted by Gasteiger charge is 2.24. The number of aromatic nitrogens is 2. The van der Waals surface area contributed by atoms with E-state index in [1.54, 1.807) is 11.6 Å². The van der Waals surface area contributed by atoms with Crippen LogP contribution in [0.3, 0.4) is 0 Å². The van der Waals surface area contributed by atoms with Gasteiger partial charge in [-0.05, 0) is 23.1 Å². The molecule has 0 aliphatic carbocycles. The van der Waals surface area contributed by atoms with Crippen LogP contribution in [0.4, 0.5) is 11.6 Å². The normalized spacial score (nSPS) is 14.4. The van der Waals surface area contributed by atoms with Crippen molar-refractivity contribution in [2.75, 3.05) is 18.2 Å². The Morgan fingerprint density at radius 2 is 2.41 bits per heavy atom. The molecule has 0 amide bonds. The van der Waals surface area contributed by atoms with E-state index in [1.165, 1.54) is 18.1 Å². The van der Waals surface area contributed by atoms with E-state index in [9.17, 15) is 10.1 Å². The summed E-state index contributed by atoms with van der Waals surface area (Å²) in [6.45, 7) is 1.88. The van der Waals surface area contributed by atoms with E-state index in [-0.39, 0.29) is 23.7 Å².